The molecule has 2 aromatic rings. The summed E-state index contributed by atoms with van der Waals surface area (Å²) in [5.41, 5.74) is 2.32. The van der Waals surface area contributed by atoms with Gasteiger partial charge in [0, 0.05) is 10.4 Å². The van der Waals surface area contributed by atoms with Crippen molar-refractivity contribution in [2.24, 2.45) is 0 Å². The van der Waals surface area contributed by atoms with Gasteiger partial charge in [-0.15, -0.1) is 11.3 Å². The van der Waals surface area contributed by atoms with E-state index < -0.39 is 0 Å². The molecule has 1 aromatic heterocycles. The third-order valence-electron chi connectivity index (χ3n) is 2.57. The van der Waals surface area contributed by atoms with Crippen molar-refractivity contribution >= 4 is 54.8 Å². The molecular formula is C13H11Br2ClOS. The van der Waals surface area contributed by atoms with Crippen LogP contribution in [0.3, 0.4) is 0 Å². The van der Waals surface area contributed by atoms with Crippen molar-refractivity contribution in [3.05, 3.63) is 49.1 Å². The van der Waals surface area contributed by atoms with E-state index in [0.29, 0.717) is 0 Å². The maximum atomic E-state index is 6.08. The third-order valence-corrected chi connectivity index (χ3v) is 6.40. The Balaban J connectivity index is 2.44. The van der Waals surface area contributed by atoms with Crippen molar-refractivity contribution in [1.82, 2.24) is 0 Å². The smallest absolute Gasteiger partial charge is 0.123 e. The number of hydrogen-bond donors (Lipinski definition) is 0. The number of halogens is 3. The van der Waals surface area contributed by atoms with Crippen LogP contribution in [-0.2, 0) is 0 Å². The molecule has 0 bridgehead atoms. The molecule has 96 valence electrons. The highest BCUT2D eigenvalue weighted by atomic mass is 79.9. The first-order valence-corrected chi connectivity index (χ1v) is 8.16. The van der Waals surface area contributed by atoms with Crippen LogP contribution in [0.25, 0.3) is 0 Å². The number of ether oxygens (including phenoxy) is 1. The zero-order valence-corrected chi connectivity index (χ0v) is 14.6. The fourth-order valence-corrected chi connectivity index (χ4v) is 4.21. The maximum Gasteiger partial charge on any atom is 0.123 e. The molecule has 18 heavy (non-hydrogen) atoms. The minimum absolute atomic E-state index is 0.0844. The second-order valence-electron chi connectivity index (χ2n) is 3.88. The Hall–Kier alpha value is -0.0300. The molecule has 1 unspecified atom stereocenters. The van der Waals surface area contributed by atoms with Crippen LogP contribution in [0.2, 0.25) is 5.02 Å². The van der Waals surface area contributed by atoms with Gasteiger partial charge in [-0.1, -0.05) is 45.2 Å². The summed E-state index contributed by atoms with van der Waals surface area (Å²) in [5.74, 6) is 0.878. The lowest BCUT2D eigenvalue weighted by atomic mass is 10.1. The molecule has 1 nitrogen and oxygen atoms in total. The Morgan fingerprint density at radius 2 is 2.06 bits per heavy atom. The molecule has 0 spiro atoms. The van der Waals surface area contributed by atoms with Crippen LogP contribution in [0.1, 0.15) is 20.8 Å². The summed E-state index contributed by atoms with van der Waals surface area (Å²) in [7, 11) is 1.69. The molecule has 0 radical (unpaired) electrons. The van der Waals surface area contributed by atoms with Gasteiger partial charge in [0.25, 0.3) is 0 Å². The zero-order chi connectivity index (χ0) is 13.3. The van der Waals surface area contributed by atoms with E-state index in [1.807, 2.05) is 18.2 Å². The van der Waals surface area contributed by atoms with E-state index in [0.717, 1.165) is 25.0 Å². The van der Waals surface area contributed by atoms with Crippen LogP contribution in [0.4, 0.5) is 0 Å². The Labute approximate surface area is 132 Å². The summed E-state index contributed by atoms with van der Waals surface area (Å²) in [6, 6.07) is 8.12. The Bertz CT molecular complexity index is 549. The highest BCUT2D eigenvalue weighted by Gasteiger charge is 2.18. The molecule has 0 aliphatic heterocycles. The summed E-state index contributed by atoms with van der Waals surface area (Å²) in [6.45, 7) is 2.07. The third kappa shape index (κ3) is 2.93. The molecule has 0 N–H and O–H groups in total. The highest BCUT2D eigenvalue weighted by molar-refractivity contribution is 9.11. The molecule has 0 fully saturated rings. The number of thiophene rings is 1. The molecular weight excluding hydrogens is 399 g/mol. The van der Waals surface area contributed by atoms with Gasteiger partial charge in [-0.2, -0.15) is 0 Å². The van der Waals surface area contributed by atoms with E-state index in [4.69, 9.17) is 16.3 Å². The zero-order valence-electron chi connectivity index (χ0n) is 9.84. The molecule has 0 saturated carbocycles. The molecule has 1 aromatic carbocycles. The number of hydrogen-bond acceptors (Lipinski definition) is 2. The molecule has 5 heteroatoms. The van der Waals surface area contributed by atoms with Crippen molar-refractivity contribution < 1.29 is 4.74 Å². The van der Waals surface area contributed by atoms with Crippen molar-refractivity contribution in [1.29, 1.82) is 0 Å². The summed E-state index contributed by atoms with van der Waals surface area (Å²) in [4.78, 5) is 1.23. The first-order valence-electron chi connectivity index (χ1n) is 5.26. The van der Waals surface area contributed by atoms with E-state index in [-0.39, 0.29) is 4.83 Å². The minimum atomic E-state index is 0.0844. The standard InChI is InChI=1S/C13H11Br2ClOS/c1-7-3-4-10(17-2)8(5-7)12(14)11-6-9(16)13(15)18-11/h3-6,12H,1-2H3. The monoisotopic (exact) mass is 408 g/mol. The van der Waals surface area contributed by atoms with Crippen molar-refractivity contribution in [3.63, 3.8) is 0 Å². The van der Waals surface area contributed by atoms with Crippen molar-refractivity contribution in [2.45, 2.75) is 11.8 Å². The van der Waals surface area contributed by atoms with E-state index in [1.165, 1.54) is 5.56 Å². The van der Waals surface area contributed by atoms with E-state index in [2.05, 4.69) is 44.8 Å². The Morgan fingerprint density at radius 1 is 1.33 bits per heavy atom. The van der Waals surface area contributed by atoms with Crippen LogP contribution in [-0.4, -0.2) is 7.11 Å². The van der Waals surface area contributed by atoms with Gasteiger partial charge in [-0.3, -0.25) is 0 Å². The summed E-state index contributed by atoms with van der Waals surface area (Å²) in [5, 5.41) is 0.742. The predicted molar refractivity (Wildman–Crippen MR) is 85.5 cm³/mol. The average Bonchev–Trinajstić information content (AvgIpc) is 2.68. The van der Waals surface area contributed by atoms with Gasteiger partial charge in [-0.05, 0) is 35.0 Å². The molecule has 1 atom stereocenters. The normalized spacial score (nSPS) is 12.5. The first-order chi connectivity index (χ1) is 8.52. The fourth-order valence-electron chi connectivity index (χ4n) is 1.69. The summed E-state index contributed by atoms with van der Waals surface area (Å²) < 4.78 is 6.36. The largest absolute Gasteiger partial charge is 0.496 e. The summed E-state index contributed by atoms with van der Waals surface area (Å²) >= 11 is 14.9. The number of alkyl halides is 1. The second kappa shape index (κ2) is 5.95. The Morgan fingerprint density at radius 3 is 2.61 bits per heavy atom. The molecule has 0 aliphatic rings. The van der Waals surface area contributed by atoms with Crippen LogP contribution >= 0.6 is 54.8 Å². The number of benzene rings is 1. The lowest BCUT2D eigenvalue weighted by Crippen LogP contribution is -1.96. The number of aryl methyl sites for hydroxylation is 1. The van der Waals surface area contributed by atoms with Crippen LogP contribution in [0, 0.1) is 6.92 Å². The average molecular weight is 411 g/mol. The highest BCUT2D eigenvalue weighted by Crippen LogP contribution is 2.43. The van der Waals surface area contributed by atoms with E-state index >= 15 is 0 Å². The van der Waals surface area contributed by atoms with Gasteiger partial charge < -0.3 is 4.74 Å². The van der Waals surface area contributed by atoms with E-state index in [1.54, 1.807) is 18.4 Å². The molecule has 1 heterocycles. The fraction of sp³-hybridized carbons (Fsp3) is 0.231. The lowest BCUT2D eigenvalue weighted by Gasteiger charge is -2.13. The Kier molecular flexibility index (Phi) is 4.75. The quantitative estimate of drug-likeness (QED) is 0.567. The predicted octanol–water partition coefficient (Wildman–Crippen LogP) is 5.97. The van der Waals surface area contributed by atoms with Gasteiger partial charge in [0.05, 0.1) is 20.7 Å². The van der Waals surface area contributed by atoms with E-state index in [9.17, 15) is 0 Å². The van der Waals surface area contributed by atoms with Gasteiger partial charge in [0.15, 0.2) is 0 Å². The first kappa shape index (κ1) is 14.4. The number of rotatable bonds is 3. The van der Waals surface area contributed by atoms with Crippen LogP contribution in [0.15, 0.2) is 28.1 Å². The van der Waals surface area contributed by atoms with Gasteiger partial charge in [0.2, 0.25) is 0 Å². The van der Waals surface area contributed by atoms with Crippen molar-refractivity contribution in [3.8, 4) is 5.75 Å². The topological polar surface area (TPSA) is 9.23 Å². The maximum absolute atomic E-state index is 6.08. The van der Waals surface area contributed by atoms with Gasteiger partial charge in [0.1, 0.15) is 5.75 Å². The van der Waals surface area contributed by atoms with Crippen molar-refractivity contribution in [2.75, 3.05) is 7.11 Å². The van der Waals surface area contributed by atoms with Gasteiger partial charge in [-0.25, -0.2) is 0 Å². The summed E-state index contributed by atoms with van der Waals surface area (Å²) in [6.07, 6.45) is 0. The molecule has 2 rings (SSSR count). The lowest BCUT2D eigenvalue weighted by molar-refractivity contribution is 0.410. The minimum Gasteiger partial charge on any atom is -0.496 e. The second-order valence-corrected chi connectivity index (χ2v) is 7.60. The molecule has 0 amide bonds. The molecule has 0 aliphatic carbocycles. The van der Waals surface area contributed by atoms with Crippen LogP contribution < -0.4 is 4.74 Å². The SMILES string of the molecule is COc1ccc(C)cc1C(Br)c1cc(Cl)c(Br)s1. The molecule has 0 saturated heterocycles. The van der Waals surface area contributed by atoms with Crippen LogP contribution in [0.5, 0.6) is 5.75 Å². The number of methoxy groups -OCH3 is 1. The van der Waals surface area contributed by atoms with Gasteiger partial charge >= 0.3 is 0 Å².